The maximum atomic E-state index is 13.8. The topological polar surface area (TPSA) is 64.2 Å². The van der Waals surface area contributed by atoms with Gasteiger partial charge in [-0.2, -0.15) is 5.10 Å². The summed E-state index contributed by atoms with van der Waals surface area (Å²) in [5.74, 6) is -1.09. The number of amides is 1. The lowest BCUT2D eigenvalue weighted by molar-refractivity contribution is 0.0761. The van der Waals surface area contributed by atoms with Gasteiger partial charge >= 0.3 is 0 Å². The second kappa shape index (κ2) is 8.60. The molecule has 0 spiro atoms. The van der Waals surface area contributed by atoms with E-state index in [-0.39, 0.29) is 5.56 Å². The summed E-state index contributed by atoms with van der Waals surface area (Å²) in [5, 5.41) is 5.19. The fourth-order valence-corrected chi connectivity index (χ4v) is 5.16. The van der Waals surface area contributed by atoms with Gasteiger partial charge in [-0.15, -0.1) is 0 Å². The van der Waals surface area contributed by atoms with E-state index in [1.807, 2.05) is 10.9 Å². The minimum atomic E-state index is -0.638. The Morgan fingerprint density at radius 3 is 2.25 bits per heavy atom. The number of carbonyl (C=O) groups excluding carboxylic acids is 1. The van der Waals surface area contributed by atoms with E-state index >= 15 is 0 Å². The maximum Gasteiger partial charge on any atom is 0.251 e. The van der Waals surface area contributed by atoms with Crippen LogP contribution in [0.3, 0.4) is 0 Å². The van der Waals surface area contributed by atoms with Crippen LogP contribution in [0.1, 0.15) is 74.6 Å². The van der Waals surface area contributed by atoms with Gasteiger partial charge in [0.25, 0.3) is 5.91 Å². The highest BCUT2D eigenvalue weighted by Crippen LogP contribution is 2.30. The second-order valence-corrected chi connectivity index (χ2v) is 8.47. The number of benzene rings is 1. The summed E-state index contributed by atoms with van der Waals surface area (Å²) in [6, 6.07) is 3.96. The average Bonchev–Trinajstić information content (AvgIpc) is 3.11. The van der Waals surface area contributed by atoms with Crippen LogP contribution in [0.2, 0.25) is 0 Å². The van der Waals surface area contributed by atoms with Crippen molar-refractivity contribution >= 4 is 16.8 Å². The quantitative estimate of drug-likeness (QED) is 0.807. The molecule has 2 aliphatic carbocycles. The molecule has 6 heteroatoms. The summed E-state index contributed by atoms with van der Waals surface area (Å²) >= 11 is 0. The van der Waals surface area contributed by atoms with Gasteiger partial charge in [-0.25, -0.2) is 4.39 Å². The van der Waals surface area contributed by atoms with Crippen LogP contribution in [-0.2, 0) is 6.54 Å². The predicted octanol–water partition coefficient (Wildman–Crippen LogP) is 4.24. The van der Waals surface area contributed by atoms with Gasteiger partial charge in [0.1, 0.15) is 11.3 Å². The Kier molecular flexibility index (Phi) is 5.95. The largest absolute Gasteiger partial charge is 0.366 e. The SMILES string of the molecule is NC(=O)c1cc(F)cc2cn(CCN(C3CCCCC3)C3CCCCC3)nc12. The molecule has 1 aromatic heterocycles. The van der Waals surface area contributed by atoms with Gasteiger partial charge in [-0.1, -0.05) is 38.5 Å². The van der Waals surface area contributed by atoms with Gasteiger partial charge in [-0.3, -0.25) is 14.4 Å². The Labute approximate surface area is 166 Å². The van der Waals surface area contributed by atoms with E-state index in [0.717, 1.165) is 13.1 Å². The Morgan fingerprint density at radius 2 is 1.68 bits per heavy atom. The first-order valence-electron chi connectivity index (χ1n) is 10.8. The third-order valence-electron chi connectivity index (χ3n) is 6.56. The van der Waals surface area contributed by atoms with Crippen molar-refractivity contribution in [2.45, 2.75) is 82.8 Å². The first-order valence-corrected chi connectivity index (χ1v) is 10.8. The van der Waals surface area contributed by atoms with Gasteiger partial charge in [0.2, 0.25) is 0 Å². The van der Waals surface area contributed by atoms with Gasteiger partial charge in [0.05, 0.1) is 12.1 Å². The molecular weight excluding hydrogens is 355 g/mol. The highest BCUT2D eigenvalue weighted by Gasteiger charge is 2.28. The summed E-state index contributed by atoms with van der Waals surface area (Å²) in [6.07, 6.45) is 15.1. The lowest BCUT2D eigenvalue weighted by Gasteiger charge is -2.41. The highest BCUT2D eigenvalue weighted by molar-refractivity contribution is 6.04. The van der Waals surface area contributed by atoms with Gasteiger partial charge < -0.3 is 5.73 Å². The lowest BCUT2D eigenvalue weighted by Crippen LogP contribution is -2.46. The number of nitrogens with zero attached hydrogens (tertiary/aromatic N) is 3. The molecule has 1 amide bonds. The van der Waals surface area contributed by atoms with E-state index in [0.29, 0.717) is 23.0 Å². The molecule has 0 aliphatic heterocycles. The van der Waals surface area contributed by atoms with Gasteiger partial charge in [-0.05, 0) is 37.8 Å². The van der Waals surface area contributed by atoms with Crippen LogP contribution >= 0.6 is 0 Å². The molecule has 0 radical (unpaired) electrons. The molecule has 4 rings (SSSR count). The molecule has 0 atom stereocenters. The van der Waals surface area contributed by atoms with Crippen molar-refractivity contribution in [3.8, 4) is 0 Å². The first kappa shape index (κ1) is 19.4. The fraction of sp³-hybridized carbons (Fsp3) is 0.636. The van der Waals surface area contributed by atoms with Gasteiger partial charge in [0, 0.05) is 30.2 Å². The van der Waals surface area contributed by atoms with Crippen molar-refractivity contribution in [1.82, 2.24) is 14.7 Å². The van der Waals surface area contributed by atoms with E-state index in [1.54, 1.807) is 0 Å². The summed E-state index contributed by atoms with van der Waals surface area (Å²) in [6.45, 7) is 1.71. The molecule has 2 fully saturated rings. The van der Waals surface area contributed by atoms with Gasteiger partial charge in [0.15, 0.2) is 0 Å². The first-order chi connectivity index (χ1) is 13.6. The van der Waals surface area contributed by atoms with Crippen LogP contribution in [-0.4, -0.2) is 39.2 Å². The number of carbonyl (C=O) groups is 1. The number of primary amides is 1. The number of hydrogen-bond donors (Lipinski definition) is 1. The Hall–Kier alpha value is -1.95. The second-order valence-electron chi connectivity index (χ2n) is 8.47. The van der Waals surface area contributed by atoms with Crippen molar-refractivity contribution < 1.29 is 9.18 Å². The normalized spacial score (nSPS) is 19.5. The van der Waals surface area contributed by atoms with E-state index in [1.165, 1.54) is 76.3 Å². The molecule has 0 bridgehead atoms. The maximum absolute atomic E-state index is 13.8. The summed E-state index contributed by atoms with van der Waals surface area (Å²) in [5.41, 5.74) is 6.07. The number of aromatic nitrogens is 2. The molecule has 1 heterocycles. The van der Waals surface area contributed by atoms with E-state index in [2.05, 4.69) is 10.00 Å². The fourth-order valence-electron chi connectivity index (χ4n) is 5.16. The third kappa shape index (κ3) is 4.22. The van der Waals surface area contributed by atoms with Crippen LogP contribution in [0, 0.1) is 5.82 Å². The van der Waals surface area contributed by atoms with Crippen LogP contribution in [0.25, 0.3) is 10.9 Å². The minimum Gasteiger partial charge on any atom is -0.366 e. The molecular formula is C22H31FN4O. The Bertz CT molecular complexity index is 803. The monoisotopic (exact) mass is 386 g/mol. The number of fused-ring (bicyclic) bond motifs is 1. The molecule has 5 nitrogen and oxygen atoms in total. The Balaban J connectivity index is 1.52. The van der Waals surface area contributed by atoms with Crippen molar-refractivity contribution in [3.63, 3.8) is 0 Å². The van der Waals surface area contributed by atoms with Crippen LogP contribution in [0.15, 0.2) is 18.3 Å². The minimum absolute atomic E-state index is 0.158. The number of nitrogens with two attached hydrogens (primary N) is 1. The molecule has 0 saturated heterocycles. The standard InChI is InChI=1S/C22H31FN4O/c23-17-13-16-15-26(25-21(16)20(14-17)22(24)28)11-12-27(18-7-3-1-4-8-18)19-9-5-2-6-10-19/h13-15,18-19H,1-12H2,(H2,24,28). The highest BCUT2D eigenvalue weighted by atomic mass is 19.1. The molecule has 28 heavy (non-hydrogen) atoms. The zero-order valence-corrected chi connectivity index (χ0v) is 16.6. The number of halogens is 1. The zero-order valence-electron chi connectivity index (χ0n) is 16.6. The Morgan fingerprint density at radius 1 is 1.07 bits per heavy atom. The average molecular weight is 387 g/mol. The van der Waals surface area contributed by atoms with E-state index in [9.17, 15) is 9.18 Å². The summed E-state index contributed by atoms with van der Waals surface area (Å²) < 4.78 is 15.7. The number of rotatable bonds is 6. The third-order valence-corrected chi connectivity index (χ3v) is 6.56. The molecule has 2 aliphatic rings. The predicted molar refractivity (Wildman–Crippen MR) is 109 cm³/mol. The van der Waals surface area contributed by atoms with Crippen molar-refractivity contribution in [2.24, 2.45) is 5.73 Å². The van der Waals surface area contributed by atoms with Crippen molar-refractivity contribution in [3.05, 3.63) is 29.7 Å². The van der Waals surface area contributed by atoms with Crippen LogP contribution in [0.4, 0.5) is 4.39 Å². The molecule has 2 aromatic rings. The lowest BCUT2D eigenvalue weighted by atomic mass is 9.88. The zero-order chi connectivity index (χ0) is 19.5. The van der Waals surface area contributed by atoms with E-state index in [4.69, 9.17) is 5.73 Å². The van der Waals surface area contributed by atoms with Crippen molar-refractivity contribution in [2.75, 3.05) is 6.54 Å². The van der Waals surface area contributed by atoms with Crippen LogP contribution < -0.4 is 5.73 Å². The van der Waals surface area contributed by atoms with E-state index < -0.39 is 11.7 Å². The summed E-state index contributed by atoms with van der Waals surface area (Å²) in [4.78, 5) is 14.4. The molecule has 152 valence electrons. The van der Waals surface area contributed by atoms with Crippen molar-refractivity contribution in [1.29, 1.82) is 0 Å². The smallest absolute Gasteiger partial charge is 0.251 e. The molecule has 0 unspecified atom stereocenters. The molecule has 2 saturated carbocycles. The molecule has 2 N–H and O–H groups in total. The number of hydrogen-bond acceptors (Lipinski definition) is 3. The molecule has 1 aromatic carbocycles. The van der Waals surface area contributed by atoms with Crippen LogP contribution in [0.5, 0.6) is 0 Å². The summed E-state index contributed by atoms with van der Waals surface area (Å²) in [7, 11) is 0.